The predicted molar refractivity (Wildman–Crippen MR) is 158 cm³/mol. The molecular weight excluding hydrogens is 510 g/mol. The highest BCUT2D eigenvalue weighted by Crippen LogP contribution is 2.41. The molecule has 0 atom stereocenters. The van der Waals surface area contributed by atoms with Gasteiger partial charge in [-0.1, -0.05) is 32.0 Å². The second kappa shape index (κ2) is 13.5. The molecule has 40 heavy (non-hydrogen) atoms. The normalized spacial score (nSPS) is 10.7. The van der Waals surface area contributed by atoms with Crippen molar-refractivity contribution < 1.29 is 24.2 Å². The smallest absolute Gasteiger partial charge is 0.419 e. The number of aryl methyl sites for hydroxylation is 1. The van der Waals surface area contributed by atoms with Gasteiger partial charge in [0.15, 0.2) is 0 Å². The van der Waals surface area contributed by atoms with Crippen LogP contribution in [0.5, 0.6) is 5.75 Å². The first kappa shape index (κ1) is 29.9. The number of pyridine rings is 1. The summed E-state index contributed by atoms with van der Waals surface area (Å²) in [5.74, 6) is -0.685. The minimum absolute atomic E-state index is 0.0473. The quantitative estimate of drug-likeness (QED) is 0.263. The zero-order valence-electron chi connectivity index (χ0n) is 23.8. The third-order valence-corrected chi connectivity index (χ3v) is 6.24. The van der Waals surface area contributed by atoms with Crippen LogP contribution in [0.4, 0.5) is 33.4 Å². The Morgan fingerprint density at radius 1 is 0.925 bits per heavy atom. The second-order valence-electron chi connectivity index (χ2n) is 9.33. The number of hydrogen-bond acceptors (Lipinski definition) is 7. The molecular formula is C30H37N5O5. The van der Waals surface area contributed by atoms with Gasteiger partial charge in [-0.3, -0.25) is 9.59 Å². The molecule has 0 saturated heterocycles. The molecule has 10 heteroatoms. The monoisotopic (exact) mass is 547 g/mol. The van der Waals surface area contributed by atoms with E-state index in [1.807, 2.05) is 19.9 Å². The van der Waals surface area contributed by atoms with E-state index in [-0.39, 0.29) is 41.2 Å². The number of anilines is 5. The summed E-state index contributed by atoms with van der Waals surface area (Å²) >= 11 is 0. The van der Waals surface area contributed by atoms with Crippen molar-refractivity contribution in [3.05, 3.63) is 65.9 Å². The number of aromatic nitrogens is 1. The maximum atomic E-state index is 13.4. The lowest BCUT2D eigenvalue weighted by Gasteiger charge is -2.28. The average Bonchev–Trinajstić information content (AvgIpc) is 2.93. The molecule has 3 rings (SSSR count). The molecule has 0 aliphatic rings. The Morgan fingerprint density at radius 2 is 1.60 bits per heavy atom. The summed E-state index contributed by atoms with van der Waals surface area (Å²) in [4.78, 5) is 47.1. The van der Waals surface area contributed by atoms with Crippen molar-refractivity contribution in [1.82, 2.24) is 4.98 Å². The number of phenolic OH excluding ortho intramolecular Hbond substituents is 1. The lowest BCUT2D eigenvalue weighted by Crippen LogP contribution is -2.30. The van der Waals surface area contributed by atoms with E-state index in [1.54, 1.807) is 64.1 Å². The summed E-state index contributed by atoms with van der Waals surface area (Å²) in [7, 11) is 0. The van der Waals surface area contributed by atoms with Gasteiger partial charge in [0, 0.05) is 30.6 Å². The molecule has 0 aliphatic carbocycles. The van der Waals surface area contributed by atoms with Crippen LogP contribution in [-0.2, 0) is 9.53 Å². The van der Waals surface area contributed by atoms with E-state index in [0.29, 0.717) is 16.9 Å². The van der Waals surface area contributed by atoms with Crippen molar-refractivity contribution >= 4 is 46.5 Å². The fourth-order valence-electron chi connectivity index (χ4n) is 4.04. The molecule has 0 aliphatic heterocycles. The molecule has 0 fully saturated rings. The van der Waals surface area contributed by atoms with Gasteiger partial charge < -0.3 is 25.4 Å². The number of rotatable bonds is 10. The van der Waals surface area contributed by atoms with Crippen molar-refractivity contribution in [3.8, 4) is 5.75 Å². The molecule has 10 nitrogen and oxygen atoms in total. The number of amides is 3. The van der Waals surface area contributed by atoms with E-state index in [9.17, 15) is 19.5 Å². The van der Waals surface area contributed by atoms with Crippen LogP contribution in [0.3, 0.4) is 0 Å². The number of ether oxygens (including phenoxy) is 1. The van der Waals surface area contributed by atoms with Gasteiger partial charge in [-0.2, -0.15) is 0 Å². The molecule has 212 valence electrons. The van der Waals surface area contributed by atoms with Crippen LogP contribution in [0.1, 0.15) is 50.7 Å². The average molecular weight is 548 g/mol. The van der Waals surface area contributed by atoms with Crippen molar-refractivity contribution in [1.29, 1.82) is 0 Å². The summed E-state index contributed by atoms with van der Waals surface area (Å²) in [6.07, 6.45) is -0.714. The predicted octanol–water partition coefficient (Wildman–Crippen LogP) is 6.08. The van der Waals surface area contributed by atoms with Gasteiger partial charge in [-0.15, -0.1) is 0 Å². The van der Waals surface area contributed by atoms with E-state index < -0.39 is 12.0 Å². The number of carbonyl (C=O) groups excluding carboxylic acids is 3. The Kier molecular flexibility index (Phi) is 10.1. The van der Waals surface area contributed by atoms with Gasteiger partial charge >= 0.3 is 6.09 Å². The summed E-state index contributed by atoms with van der Waals surface area (Å²) in [5, 5.41) is 16.3. The molecule has 2 aromatic carbocycles. The summed E-state index contributed by atoms with van der Waals surface area (Å²) in [6.45, 7) is 12.6. The van der Waals surface area contributed by atoms with E-state index in [2.05, 4.69) is 15.5 Å². The maximum absolute atomic E-state index is 13.4. The molecule has 0 radical (unpaired) electrons. The Bertz CT molecular complexity index is 1360. The summed E-state index contributed by atoms with van der Waals surface area (Å²) in [6, 6.07) is 14.8. The first-order valence-electron chi connectivity index (χ1n) is 13.3. The minimum atomic E-state index is -0.714. The fraction of sp³-hybridized carbons (Fsp3) is 0.333. The Balaban J connectivity index is 2.20. The Labute approximate surface area is 235 Å². The minimum Gasteiger partial charge on any atom is -0.506 e. The van der Waals surface area contributed by atoms with Gasteiger partial charge in [0.05, 0.1) is 35.1 Å². The zero-order chi connectivity index (χ0) is 29.4. The first-order valence-corrected chi connectivity index (χ1v) is 13.3. The molecule has 1 heterocycles. The standard InChI is InChI=1S/C30H37N5O5/c1-7-34(8-2)27-16-15-24(20(6)31-27)35(30(39)40-9-3)25-17-23(33-29(38)21-13-11-10-12-14-21)26(36)18-22(25)32-28(37)19(4)5/h10-19,36H,7-9H2,1-6H3,(H,32,37)(H,33,38). The molecule has 0 bridgehead atoms. The van der Waals surface area contributed by atoms with Crippen LogP contribution in [0, 0.1) is 12.8 Å². The third kappa shape index (κ3) is 6.88. The summed E-state index contributed by atoms with van der Waals surface area (Å²) in [5.41, 5.74) is 1.74. The van der Waals surface area contributed by atoms with E-state index in [4.69, 9.17) is 9.72 Å². The molecule has 0 saturated carbocycles. The Hall–Kier alpha value is -4.60. The molecule has 3 amide bonds. The highest BCUT2D eigenvalue weighted by atomic mass is 16.6. The van der Waals surface area contributed by atoms with Crippen LogP contribution in [0.25, 0.3) is 0 Å². The van der Waals surface area contributed by atoms with Gasteiger partial charge in [-0.05, 0) is 58.0 Å². The lowest BCUT2D eigenvalue weighted by molar-refractivity contribution is -0.118. The number of nitrogens with one attached hydrogen (secondary N) is 2. The van der Waals surface area contributed by atoms with Crippen LogP contribution < -0.4 is 20.4 Å². The number of nitrogens with zero attached hydrogens (tertiary/aromatic N) is 3. The zero-order valence-corrected chi connectivity index (χ0v) is 23.8. The summed E-state index contributed by atoms with van der Waals surface area (Å²) < 4.78 is 5.40. The van der Waals surface area contributed by atoms with Gasteiger partial charge in [0.25, 0.3) is 5.91 Å². The Morgan fingerprint density at radius 3 is 2.17 bits per heavy atom. The molecule has 0 unspecified atom stereocenters. The lowest BCUT2D eigenvalue weighted by atomic mass is 10.1. The largest absolute Gasteiger partial charge is 0.506 e. The number of phenols is 1. The molecule has 1 aromatic heterocycles. The van der Waals surface area contributed by atoms with E-state index >= 15 is 0 Å². The topological polar surface area (TPSA) is 124 Å². The van der Waals surface area contributed by atoms with Crippen molar-refractivity contribution in [2.45, 2.75) is 41.5 Å². The van der Waals surface area contributed by atoms with Crippen molar-refractivity contribution in [3.63, 3.8) is 0 Å². The highest BCUT2D eigenvalue weighted by Gasteiger charge is 2.28. The van der Waals surface area contributed by atoms with Crippen molar-refractivity contribution in [2.24, 2.45) is 5.92 Å². The fourth-order valence-corrected chi connectivity index (χ4v) is 4.04. The van der Waals surface area contributed by atoms with Gasteiger partial charge in [-0.25, -0.2) is 14.7 Å². The second-order valence-corrected chi connectivity index (χ2v) is 9.33. The maximum Gasteiger partial charge on any atom is 0.419 e. The SMILES string of the molecule is CCOC(=O)N(c1cc(NC(=O)c2ccccc2)c(O)cc1NC(=O)C(C)C)c1ccc(N(CC)CC)nc1C. The number of aromatic hydroxyl groups is 1. The van der Waals surface area contributed by atoms with Gasteiger partial charge in [0.1, 0.15) is 11.6 Å². The first-order chi connectivity index (χ1) is 19.1. The number of benzene rings is 2. The van der Waals surface area contributed by atoms with E-state index in [0.717, 1.165) is 18.9 Å². The van der Waals surface area contributed by atoms with Crippen LogP contribution in [0.15, 0.2) is 54.6 Å². The van der Waals surface area contributed by atoms with E-state index in [1.165, 1.54) is 17.0 Å². The van der Waals surface area contributed by atoms with Crippen LogP contribution in [0.2, 0.25) is 0 Å². The molecule has 0 spiro atoms. The van der Waals surface area contributed by atoms with Crippen molar-refractivity contribution in [2.75, 3.05) is 40.1 Å². The van der Waals surface area contributed by atoms with Crippen LogP contribution >= 0.6 is 0 Å². The number of hydrogen-bond donors (Lipinski definition) is 3. The number of carbonyl (C=O) groups is 3. The highest BCUT2D eigenvalue weighted by molar-refractivity contribution is 6.08. The molecule has 3 aromatic rings. The third-order valence-electron chi connectivity index (χ3n) is 6.24. The van der Waals surface area contributed by atoms with Gasteiger partial charge in [0.2, 0.25) is 5.91 Å². The molecule has 3 N–H and O–H groups in total. The van der Waals surface area contributed by atoms with Crippen LogP contribution in [-0.4, -0.2) is 47.7 Å².